The summed E-state index contributed by atoms with van der Waals surface area (Å²) in [6.45, 7) is 6.31. The molecule has 7 heteroatoms. The first kappa shape index (κ1) is 24.4. The van der Waals surface area contributed by atoms with Crippen LogP contribution in [0, 0.1) is 13.8 Å². The van der Waals surface area contributed by atoms with Crippen LogP contribution in [0.3, 0.4) is 0 Å². The summed E-state index contributed by atoms with van der Waals surface area (Å²) >= 11 is 1.84. The van der Waals surface area contributed by atoms with Gasteiger partial charge < -0.3 is 14.5 Å². The molecule has 1 amide bonds. The van der Waals surface area contributed by atoms with Crippen LogP contribution in [-0.2, 0) is 17.9 Å². The van der Waals surface area contributed by atoms with Gasteiger partial charge in [0.2, 0.25) is 5.91 Å². The summed E-state index contributed by atoms with van der Waals surface area (Å²) in [4.78, 5) is 21.6. The number of methoxy groups -OCH3 is 1. The van der Waals surface area contributed by atoms with Crippen LogP contribution in [0.5, 0.6) is 5.75 Å². The van der Waals surface area contributed by atoms with Crippen molar-refractivity contribution in [2.24, 2.45) is 0 Å². The first-order valence-electron chi connectivity index (χ1n) is 12.3. The second kappa shape index (κ2) is 10.8. The number of benzene rings is 2. The fourth-order valence-corrected chi connectivity index (χ4v) is 6.02. The second-order valence-electron chi connectivity index (χ2n) is 9.44. The number of nitrogens with zero attached hydrogens (tertiary/aromatic N) is 3. The van der Waals surface area contributed by atoms with Crippen molar-refractivity contribution < 1.29 is 9.53 Å². The molecule has 1 aliphatic rings. The lowest BCUT2D eigenvalue weighted by Gasteiger charge is -2.24. The molecule has 3 heterocycles. The number of pyridine rings is 1. The van der Waals surface area contributed by atoms with E-state index in [9.17, 15) is 4.79 Å². The molecule has 0 saturated carbocycles. The largest absolute Gasteiger partial charge is 0.497 e. The van der Waals surface area contributed by atoms with Crippen LogP contribution in [0.4, 0.5) is 0 Å². The Bertz CT molecular complexity index is 1320. The number of imidazole rings is 1. The summed E-state index contributed by atoms with van der Waals surface area (Å²) < 4.78 is 7.28. The smallest absolute Gasteiger partial charge is 0.237 e. The third kappa shape index (κ3) is 5.58. The Labute approximate surface area is 216 Å². The van der Waals surface area contributed by atoms with Gasteiger partial charge in [0, 0.05) is 35.6 Å². The molecular weight excluding hydrogens is 468 g/mol. The molecular formula is C29H32N4O2S. The molecule has 4 aromatic rings. The average molecular weight is 501 g/mol. The number of amides is 1. The van der Waals surface area contributed by atoms with E-state index in [0.717, 1.165) is 36.6 Å². The predicted molar refractivity (Wildman–Crippen MR) is 144 cm³/mol. The number of carbonyl (C=O) groups is 1. The number of rotatable bonds is 8. The van der Waals surface area contributed by atoms with Crippen LogP contribution in [0.1, 0.15) is 28.8 Å². The summed E-state index contributed by atoms with van der Waals surface area (Å²) in [5.41, 5.74) is 5.53. The van der Waals surface area contributed by atoms with Crippen LogP contribution in [-0.4, -0.2) is 45.1 Å². The fraction of sp³-hybridized carbons (Fsp3) is 0.310. The molecule has 0 spiro atoms. The zero-order valence-electron chi connectivity index (χ0n) is 21.0. The van der Waals surface area contributed by atoms with Gasteiger partial charge in [0.15, 0.2) is 0 Å². The van der Waals surface area contributed by atoms with E-state index in [0.29, 0.717) is 11.8 Å². The number of thioether (sulfide) groups is 1. The molecule has 0 bridgehead atoms. The molecule has 1 fully saturated rings. The third-order valence-corrected chi connectivity index (χ3v) is 7.98. The Morgan fingerprint density at radius 1 is 1.14 bits per heavy atom. The van der Waals surface area contributed by atoms with Gasteiger partial charge >= 0.3 is 0 Å². The van der Waals surface area contributed by atoms with Crippen molar-refractivity contribution in [1.29, 1.82) is 0 Å². The Kier molecular flexibility index (Phi) is 7.30. The first-order chi connectivity index (χ1) is 17.5. The van der Waals surface area contributed by atoms with Gasteiger partial charge in [-0.2, -0.15) is 0 Å². The second-order valence-corrected chi connectivity index (χ2v) is 10.8. The first-order valence-corrected chi connectivity index (χ1v) is 13.2. The maximum atomic E-state index is 13.5. The lowest BCUT2D eigenvalue weighted by atomic mass is 10.0. The minimum Gasteiger partial charge on any atom is -0.497 e. The van der Waals surface area contributed by atoms with Crippen LogP contribution in [0.2, 0.25) is 0 Å². The van der Waals surface area contributed by atoms with Crippen molar-refractivity contribution >= 4 is 23.3 Å². The highest BCUT2D eigenvalue weighted by Gasteiger charge is 2.37. The van der Waals surface area contributed by atoms with Gasteiger partial charge in [-0.15, -0.1) is 11.8 Å². The van der Waals surface area contributed by atoms with Crippen molar-refractivity contribution in [3.8, 4) is 5.75 Å². The Morgan fingerprint density at radius 2 is 1.97 bits per heavy atom. The molecule has 186 valence electrons. The van der Waals surface area contributed by atoms with Crippen LogP contribution >= 0.6 is 11.8 Å². The number of aryl methyl sites for hydroxylation is 2. The van der Waals surface area contributed by atoms with Gasteiger partial charge in [0.05, 0.1) is 25.4 Å². The number of aromatic nitrogens is 2. The topological polar surface area (TPSA) is 58.9 Å². The molecule has 1 saturated heterocycles. The minimum atomic E-state index is -0.183. The molecule has 0 aliphatic carbocycles. The molecule has 36 heavy (non-hydrogen) atoms. The van der Waals surface area contributed by atoms with Crippen LogP contribution in [0.25, 0.3) is 5.65 Å². The third-order valence-electron chi connectivity index (χ3n) is 6.77. The van der Waals surface area contributed by atoms with Crippen molar-refractivity contribution in [2.75, 3.05) is 13.7 Å². The molecule has 1 N–H and O–H groups in total. The molecule has 6 nitrogen and oxygen atoms in total. The fourth-order valence-electron chi connectivity index (χ4n) is 4.80. The van der Waals surface area contributed by atoms with Gasteiger partial charge in [0.25, 0.3) is 0 Å². The maximum Gasteiger partial charge on any atom is 0.237 e. The molecule has 2 aromatic heterocycles. The van der Waals surface area contributed by atoms with Crippen LogP contribution < -0.4 is 10.1 Å². The lowest BCUT2D eigenvalue weighted by molar-refractivity contribution is -0.125. The quantitative estimate of drug-likeness (QED) is 0.369. The molecule has 2 atom stereocenters. The number of fused-ring (bicyclic) bond motifs is 1. The summed E-state index contributed by atoms with van der Waals surface area (Å²) in [6.07, 6.45) is 4.75. The van der Waals surface area contributed by atoms with Gasteiger partial charge in [-0.05, 0) is 67.8 Å². The van der Waals surface area contributed by atoms with E-state index < -0.39 is 0 Å². The highest BCUT2D eigenvalue weighted by Crippen LogP contribution is 2.35. The molecule has 0 radical (unpaired) electrons. The number of ether oxygens (including phenoxy) is 1. The van der Waals surface area contributed by atoms with Gasteiger partial charge in [-0.3, -0.25) is 9.69 Å². The van der Waals surface area contributed by atoms with Crippen molar-refractivity contribution in [2.45, 2.75) is 49.5 Å². The number of hydrogen-bond donors (Lipinski definition) is 1. The normalized spacial score (nSPS) is 18.0. The number of carbonyl (C=O) groups excluding carboxylic acids is 1. The predicted octanol–water partition coefficient (Wildman–Crippen LogP) is 5.01. The molecule has 5 rings (SSSR count). The SMILES string of the molecule is COc1ccc(S[C@@H]2C[C@@H](C(=O)NCc3cn4ccccc4n3)N(Cc3cc(C)ccc3C)C2)cc1. The van der Waals surface area contributed by atoms with E-state index >= 15 is 0 Å². The Balaban J connectivity index is 1.30. The Hall–Kier alpha value is -3.29. The number of hydrogen-bond acceptors (Lipinski definition) is 5. The maximum absolute atomic E-state index is 13.5. The van der Waals surface area contributed by atoms with E-state index in [1.165, 1.54) is 21.6 Å². The van der Waals surface area contributed by atoms with E-state index in [1.54, 1.807) is 7.11 Å². The van der Waals surface area contributed by atoms with Gasteiger partial charge in [0.1, 0.15) is 11.4 Å². The van der Waals surface area contributed by atoms with E-state index in [1.807, 2.05) is 58.9 Å². The average Bonchev–Trinajstić information content (AvgIpc) is 3.49. The molecule has 0 unspecified atom stereocenters. The van der Waals surface area contributed by atoms with E-state index in [2.05, 4.69) is 59.4 Å². The summed E-state index contributed by atoms with van der Waals surface area (Å²) in [7, 11) is 1.68. The van der Waals surface area contributed by atoms with Crippen molar-refractivity contribution in [3.63, 3.8) is 0 Å². The summed E-state index contributed by atoms with van der Waals surface area (Å²) in [6, 6.07) is 20.4. The summed E-state index contributed by atoms with van der Waals surface area (Å²) in [5.74, 6) is 0.918. The zero-order chi connectivity index (χ0) is 25.1. The number of nitrogens with one attached hydrogen (secondary N) is 1. The zero-order valence-corrected chi connectivity index (χ0v) is 21.8. The number of likely N-dealkylation sites (tertiary alicyclic amines) is 1. The molecule has 1 aliphatic heterocycles. The van der Waals surface area contributed by atoms with Crippen LogP contribution in [0.15, 0.2) is 78.0 Å². The summed E-state index contributed by atoms with van der Waals surface area (Å²) in [5, 5.41) is 3.49. The standard InChI is InChI=1S/C29H32N4O2S/c1-20-7-8-21(2)22(14-20)17-33-19-26(36-25-11-9-24(35-3)10-12-25)15-27(33)29(34)30-16-23-18-32-13-5-4-6-28(32)31-23/h4-14,18,26-27H,15-17,19H2,1-3H3,(H,30,34)/t26-,27+/m1/s1. The van der Waals surface area contributed by atoms with Crippen molar-refractivity contribution in [1.82, 2.24) is 19.6 Å². The highest BCUT2D eigenvalue weighted by atomic mass is 32.2. The van der Waals surface area contributed by atoms with Gasteiger partial charge in [-0.25, -0.2) is 4.98 Å². The highest BCUT2D eigenvalue weighted by molar-refractivity contribution is 8.00. The van der Waals surface area contributed by atoms with E-state index in [-0.39, 0.29) is 11.9 Å². The monoisotopic (exact) mass is 500 g/mol. The lowest BCUT2D eigenvalue weighted by Crippen LogP contribution is -2.42. The van der Waals surface area contributed by atoms with Gasteiger partial charge in [-0.1, -0.05) is 29.8 Å². The van der Waals surface area contributed by atoms with Crippen molar-refractivity contribution in [3.05, 3.63) is 95.4 Å². The minimum absolute atomic E-state index is 0.0650. The van der Waals surface area contributed by atoms with E-state index in [4.69, 9.17) is 4.74 Å². The molecule has 2 aromatic carbocycles. The Morgan fingerprint density at radius 3 is 2.75 bits per heavy atom.